The summed E-state index contributed by atoms with van der Waals surface area (Å²) in [6.07, 6.45) is 7.79. The number of hydrogen-bond acceptors (Lipinski definition) is 4. The zero-order chi connectivity index (χ0) is 13.0. The molecule has 5 nitrogen and oxygen atoms in total. The third-order valence-corrected chi connectivity index (χ3v) is 3.00. The van der Waals surface area contributed by atoms with Crippen LogP contribution in [-0.2, 0) is 13.0 Å². The van der Waals surface area contributed by atoms with Gasteiger partial charge in [0.1, 0.15) is 17.3 Å². The average molecular weight is 266 g/mol. The Morgan fingerprint density at radius 2 is 2.28 bits per heavy atom. The molecule has 0 amide bonds. The highest BCUT2D eigenvalue weighted by molar-refractivity contribution is 6.30. The maximum absolute atomic E-state index is 6.05. The summed E-state index contributed by atoms with van der Waals surface area (Å²) in [6.45, 7) is 4.95. The number of halogens is 1. The zero-order valence-electron chi connectivity index (χ0n) is 10.5. The molecule has 2 aromatic heterocycles. The number of rotatable bonds is 5. The van der Waals surface area contributed by atoms with Gasteiger partial charge in [0.05, 0.1) is 6.33 Å². The fraction of sp³-hybridized carbons (Fsp3) is 0.417. The van der Waals surface area contributed by atoms with Crippen molar-refractivity contribution in [2.45, 2.75) is 32.9 Å². The van der Waals surface area contributed by atoms with Gasteiger partial charge >= 0.3 is 0 Å². The molecule has 0 fully saturated rings. The lowest BCUT2D eigenvalue weighted by Gasteiger charge is -2.17. The molecule has 0 saturated heterocycles. The normalized spacial score (nSPS) is 12.4. The Morgan fingerprint density at radius 1 is 1.44 bits per heavy atom. The minimum Gasteiger partial charge on any atom is -0.365 e. The summed E-state index contributed by atoms with van der Waals surface area (Å²) < 4.78 is 2.02. The molecule has 0 aromatic carbocycles. The van der Waals surface area contributed by atoms with Gasteiger partial charge in [0.25, 0.3) is 0 Å². The summed E-state index contributed by atoms with van der Waals surface area (Å²) in [6, 6.07) is 0.232. The fourth-order valence-electron chi connectivity index (χ4n) is 1.82. The van der Waals surface area contributed by atoms with Crippen molar-refractivity contribution >= 4 is 17.4 Å². The molecule has 96 valence electrons. The molecule has 0 aliphatic rings. The third kappa shape index (κ3) is 2.98. The Kier molecular flexibility index (Phi) is 4.15. The van der Waals surface area contributed by atoms with Crippen molar-refractivity contribution < 1.29 is 0 Å². The monoisotopic (exact) mass is 265 g/mol. The van der Waals surface area contributed by atoms with Crippen LogP contribution in [0, 0.1) is 0 Å². The Hall–Kier alpha value is -1.62. The first-order valence-corrected chi connectivity index (χ1v) is 6.30. The van der Waals surface area contributed by atoms with Gasteiger partial charge in [0.2, 0.25) is 0 Å². The maximum atomic E-state index is 6.05. The lowest BCUT2D eigenvalue weighted by atomic mass is 10.2. The van der Waals surface area contributed by atoms with Gasteiger partial charge in [-0.3, -0.25) is 0 Å². The van der Waals surface area contributed by atoms with E-state index in [-0.39, 0.29) is 6.04 Å². The van der Waals surface area contributed by atoms with Crippen molar-refractivity contribution in [2.75, 3.05) is 5.32 Å². The van der Waals surface area contributed by atoms with Gasteiger partial charge in [-0.25, -0.2) is 15.0 Å². The van der Waals surface area contributed by atoms with E-state index in [4.69, 9.17) is 11.6 Å². The molecule has 0 aliphatic heterocycles. The summed E-state index contributed by atoms with van der Waals surface area (Å²) in [5.41, 5.74) is 0.955. The summed E-state index contributed by atoms with van der Waals surface area (Å²) in [5.74, 6) is 0.810. The second kappa shape index (κ2) is 5.82. The summed E-state index contributed by atoms with van der Waals surface area (Å²) in [4.78, 5) is 12.3. The van der Waals surface area contributed by atoms with E-state index in [0.29, 0.717) is 5.15 Å². The van der Waals surface area contributed by atoms with E-state index in [9.17, 15) is 0 Å². The smallest absolute Gasteiger partial charge is 0.137 e. The highest BCUT2D eigenvalue weighted by atomic mass is 35.5. The van der Waals surface area contributed by atoms with Gasteiger partial charge in [0.15, 0.2) is 0 Å². The molecule has 0 aliphatic carbocycles. The lowest BCUT2D eigenvalue weighted by molar-refractivity contribution is 0.616. The summed E-state index contributed by atoms with van der Waals surface area (Å²) in [7, 11) is 0. The van der Waals surface area contributed by atoms with E-state index >= 15 is 0 Å². The third-order valence-electron chi connectivity index (χ3n) is 2.67. The molecule has 0 spiro atoms. The van der Waals surface area contributed by atoms with Crippen molar-refractivity contribution in [2.24, 2.45) is 0 Å². The first-order valence-electron chi connectivity index (χ1n) is 5.92. The quantitative estimate of drug-likeness (QED) is 0.844. The van der Waals surface area contributed by atoms with E-state index in [1.54, 1.807) is 12.5 Å². The Balaban J connectivity index is 2.07. The first kappa shape index (κ1) is 12.8. The molecular weight excluding hydrogens is 250 g/mol. The van der Waals surface area contributed by atoms with E-state index < -0.39 is 0 Å². The number of nitrogens with zero attached hydrogens (tertiary/aromatic N) is 4. The average Bonchev–Trinajstić information content (AvgIpc) is 2.82. The van der Waals surface area contributed by atoms with Gasteiger partial charge in [-0.15, -0.1) is 0 Å². The molecule has 0 saturated carbocycles. The van der Waals surface area contributed by atoms with E-state index in [0.717, 1.165) is 24.3 Å². The summed E-state index contributed by atoms with van der Waals surface area (Å²) >= 11 is 6.05. The van der Waals surface area contributed by atoms with Crippen LogP contribution in [0.4, 0.5) is 5.82 Å². The second-order valence-corrected chi connectivity index (χ2v) is 4.51. The zero-order valence-corrected chi connectivity index (χ0v) is 11.2. The van der Waals surface area contributed by atoms with Gasteiger partial charge in [-0.1, -0.05) is 18.5 Å². The second-order valence-electron chi connectivity index (χ2n) is 4.15. The molecule has 18 heavy (non-hydrogen) atoms. The van der Waals surface area contributed by atoms with Crippen molar-refractivity contribution in [3.05, 3.63) is 35.8 Å². The topological polar surface area (TPSA) is 55.6 Å². The highest BCUT2D eigenvalue weighted by Crippen LogP contribution is 2.20. The highest BCUT2D eigenvalue weighted by Gasteiger charge is 2.10. The Labute approximate surface area is 111 Å². The largest absolute Gasteiger partial charge is 0.365 e. The molecule has 2 heterocycles. The van der Waals surface area contributed by atoms with Crippen molar-refractivity contribution in [3.8, 4) is 0 Å². The predicted octanol–water partition coefficient (Wildman–Crippen LogP) is 2.39. The predicted molar refractivity (Wildman–Crippen MR) is 71.7 cm³/mol. The standard InChI is InChI=1S/C12H16ClN5/c1-3-10-11(13)15-7-16-12(10)17-9(2)6-18-5-4-14-8-18/h4-5,7-9H,3,6H2,1-2H3,(H,15,16,17). The van der Waals surface area contributed by atoms with Crippen molar-refractivity contribution in [1.29, 1.82) is 0 Å². The van der Waals surface area contributed by atoms with Gasteiger partial charge in [-0.05, 0) is 13.3 Å². The lowest BCUT2D eigenvalue weighted by Crippen LogP contribution is -2.22. The fourth-order valence-corrected chi connectivity index (χ4v) is 2.09. The number of aromatic nitrogens is 4. The Bertz CT molecular complexity index is 497. The molecule has 2 rings (SSSR count). The van der Waals surface area contributed by atoms with Crippen LogP contribution in [0.3, 0.4) is 0 Å². The molecular formula is C12H16ClN5. The van der Waals surface area contributed by atoms with Gasteiger partial charge < -0.3 is 9.88 Å². The number of anilines is 1. The van der Waals surface area contributed by atoms with Crippen molar-refractivity contribution in [1.82, 2.24) is 19.5 Å². The molecule has 0 radical (unpaired) electrons. The minimum absolute atomic E-state index is 0.232. The van der Waals surface area contributed by atoms with Crippen LogP contribution in [0.15, 0.2) is 25.0 Å². The van der Waals surface area contributed by atoms with Crippen LogP contribution in [0.1, 0.15) is 19.4 Å². The molecule has 0 bridgehead atoms. The molecule has 2 aromatic rings. The van der Waals surface area contributed by atoms with Crippen LogP contribution in [-0.4, -0.2) is 25.6 Å². The SMILES string of the molecule is CCc1c(Cl)ncnc1NC(C)Cn1ccnc1. The molecule has 1 N–H and O–H groups in total. The minimum atomic E-state index is 0.232. The van der Waals surface area contributed by atoms with Crippen LogP contribution in [0.5, 0.6) is 0 Å². The molecule has 1 unspecified atom stereocenters. The van der Waals surface area contributed by atoms with E-state index in [2.05, 4.69) is 27.2 Å². The van der Waals surface area contributed by atoms with Crippen molar-refractivity contribution in [3.63, 3.8) is 0 Å². The Morgan fingerprint density at radius 3 is 2.94 bits per heavy atom. The summed E-state index contributed by atoms with van der Waals surface area (Å²) in [5, 5.41) is 3.87. The molecule has 6 heteroatoms. The van der Waals surface area contributed by atoms with E-state index in [1.807, 2.05) is 17.7 Å². The number of hydrogen-bond donors (Lipinski definition) is 1. The van der Waals surface area contributed by atoms with E-state index in [1.165, 1.54) is 6.33 Å². The van der Waals surface area contributed by atoms with Gasteiger partial charge in [0, 0.05) is 30.5 Å². The first-order chi connectivity index (χ1) is 8.70. The van der Waals surface area contributed by atoms with Crippen LogP contribution >= 0.6 is 11.6 Å². The van der Waals surface area contributed by atoms with Crippen LogP contribution in [0.25, 0.3) is 0 Å². The number of imidazole rings is 1. The van der Waals surface area contributed by atoms with Crippen LogP contribution < -0.4 is 5.32 Å². The maximum Gasteiger partial charge on any atom is 0.137 e. The van der Waals surface area contributed by atoms with Gasteiger partial charge in [-0.2, -0.15) is 0 Å². The van der Waals surface area contributed by atoms with Crippen LogP contribution in [0.2, 0.25) is 5.15 Å². The number of nitrogens with one attached hydrogen (secondary N) is 1. The molecule has 1 atom stereocenters.